The molecule has 190 valence electrons. The van der Waals surface area contributed by atoms with Crippen LogP contribution in [-0.4, -0.2) is 57.6 Å². The van der Waals surface area contributed by atoms with Gasteiger partial charge < -0.3 is 9.88 Å². The predicted molar refractivity (Wildman–Crippen MR) is 133 cm³/mol. The van der Waals surface area contributed by atoms with Crippen LogP contribution in [-0.2, 0) is 6.54 Å². The first kappa shape index (κ1) is 23.5. The van der Waals surface area contributed by atoms with Crippen LogP contribution >= 0.6 is 11.6 Å². The van der Waals surface area contributed by atoms with E-state index in [9.17, 15) is 4.79 Å². The van der Waals surface area contributed by atoms with Crippen molar-refractivity contribution in [3.63, 3.8) is 0 Å². The number of halogens is 3. The highest BCUT2D eigenvalue weighted by atomic mass is 35.5. The van der Waals surface area contributed by atoms with E-state index in [4.69, 9.17) is 16.7 Å². The molecule has 0 bridgehead atoms. The minimum absolute atomic E-state index is 0.123. The molecule has 0 amide bonds. The van der Waals surface area contributed by atoms with Crippen LogP contribution in [0.1, 0.15) is 37.2 Å². The Morgan fingerprint density at radius 3 is 2.86 bits per heavy atom. The lowest BCUT2D eigenvalue weighted by atomic mass is 9.92. The van der Waals surface area contributed by atoms with Crippen molar-refractivity contribution >= 4 is 34.1 Å². The molecular weight excluding hydrogens is 504 g/mol. The van der Waals surface area contributed by atoms with Crippen LogP contribution in [0.4, 0.5) is 14.6 Å². The summed E-state index contributed by atoms with van der Waals surface area (Å²) in [6.07, 6.45) is 6.03. The lowest BCUT2D eigenvalue weighted by Crippen LogP contribution is -2.39. The van der Waals surface area contributed by atoms with Crippen LogP contribution in [0, 0.1) is 0 Å². The minimum Gasteiger partial charge on any atom is -0.345 e. The normalized spacial score (nSPS) is 18.2. The first-order valence-corrected chi connectivity index (χ1v) is 12.2. The molecule has 1 saturated heterocycles. The van der Waals surface area contributed by atoms with Gasteiger partial charge in [0.05, 0.1) is 30.1 Å². The zero-order valence-electron chi connectivity index (χ0n) is 19.7. The van der Waals surface area contributed by atoms with E-state index in [2.05, 4.69) is 24.9 Å². The molecule has 5 aromatic rings. The Morgan fingerprint density at radius 1 is 1.22 bits per heavy atom. The SMILES string of the molecule is CCC(c1nn2ccc(Cl)c2c(=O)n1Cc1ccccn1)C1CC(F)(F)CN1c1ncnc2nc[nH]c12. The molecule has 1 fully saturated rings. The molecule has 2 unspecified atom stereocenters. The molecule has 6 rings (SSSR count). The number of nitrogens with zero attached hydrogens (tertiary/aromatic N) is 8. The first-order chi connectivity index (χ1) is 17.9. The lowest BCUT2D eigenvalue weighted by molar-refractivity contribution is 0.0212. The Hall–Kier alpha value is -3.93. The average Bonchev–Trinajstić information content (AvgIpc) is 3.59. The Kier molecular flexibility index (Phi) is 5.63. The topological polar surface area (TPSA) is 110 Å². The van der Waals surface area contributed by atoms with Crippen molar-refractivity contribution in [2.24, 2.45) is 0 Å². The second-order valence-corrected chi connectivity index (χ2v) is 9.50. The van der Waals surface area contributed by atoms with Crippen molar-refractivity contribution in [1.82, 2.24) is 39.1 Å². The van der Waals surface area contributed by atoms with Gasteiger partial charge in [-0.15, -0.1) is 0 Å². The van der Waals surface area contributed by atoms with Gasteiger partial charge in [0.1, 0.15) is 23.2 Å². The summed E-state index contributed by atoms with van der Waals surface area (Å²) in [6.45, 7) is 1.49. The van der Waals surface area contributed by atoms with E-state index < -0.39 is 30.8 Å². The summed E-state index contributed by atoms with van der Waals surface area (Å²) in [5.74, 6) is -2.79. The highest BCUT2D eigenvalue weighted by Crippen LogP contribution is 2.42. The van der Waals surface area contributed by atoms with Gasteiger partial charge in [0.25, 0.3) is 11.5 Å². The highest BCUT2D eigenvalue weighted by Gasteiger charge is 2.50. The minimum atomic E-state index is -2.97. The van der Waals surface area contributed by atoms with E-state index in [-0.39, 0.29) is 22.6 Å². The number of H-pyrrole nitrogens is 1. The zero-order chi connectivity index (χ0) is 25.7. The number of fused-ring (bicyclic) bond motifs is 2. The molecule has 5 aromatic heterocycles. The van der Waals surface area contributed by atoms with Gasteiger partial charge in [0.15, 0.2) is 11.5 Å². The number of pyridine rings is 1. The molecule has 13 heteroatoms. The number of hydrogen-bond donors (Lipinski definition) is 1. The van der Waals surface area contributed by atoms with Crippen LogP contribution in [0.5, 0.6) is 0 Å². The van der Waals surface area contributed by atoms with Gasteiger partial charge in [0, 0.05) is 30.8 Å². The fraction of sp³-hybridized carbons (Fsp3) is 0.333. The number of imidazole rings is 1. The van der Waals surface area contributed by atoms with Crippen molar-refractivity contribution in [1.29, 1.82) is 0 Å². The van der Waals surface area contributed by atoms with Crippen LogP contribution in [0.3, 0.4) is 0 Å². The van der Waals surface area contributed by atoms with Gasteiger partial charge in [-0.1, -0.05) is 24.6 Å². The van der Waals surface area contributed by atoms with E-state index >= 15 is 8.78 Å². The average molecular weight is 526 g/mol. The number of hydrogen-bond acceptors (Lipinski definition) is 7. The molecule has 2 atom stereocenters. The summed E-state index contributed by atoms with van der Waals surface area (Å²) >= 11 is 6.31. The van der Waals surface area contributed by atoms with Gasteiger partial charge in [-0.25, -0.2) is 28.2 Å². The number of alkyl halides is 2. The molecule has 1 N–H and O–H groups in total. The second kappa shape index (κ2) is 8.87. The molecule has 0 aromatic carbocycles. The number of aromatic nitrogens is 8. The van der Waals surface area contributed by atoms with Crippen LogP contribution < -0.4 is 10.5 Å². The fourth-order valence-electron chi connectivity index (χ4n) is 5.19. The van der Waals surface area contributed by atoms with E-state index in [1.54, 1.807) is 35.5 Å². The molecule has 6 heterocycles. The number of aromatic amines is 1. The Morgan fingerprint density at radius 2 is 2.08 bits per heavy atom. The third-order valence-corrected chi connectivity index (χ3v) is 7.12. The largest absolute Gasteiger partial charge is 0.345 e. The van der Waals surface area contributed by atoms with E-state index in [0.29, 0.717) is 34.9 Å². The molecule has 1 aliphatic heterocycles. The second-order valence-electron chi connectivity index (χ2n) is 9.10. The molecular formula is C24H22ClF2N9O. The molecule has 1 aliphatic rings. The smallest absolute Gasteiger partial charge is 0.279 e. The zero-order valence-corrected chi connectivity index (χ0v) is 20.5. The summed E-state index contributed by atoms with van der Waals surface area (Å²) in [7, 11) is 0. The van der Waals surface area contributed by atoms with E-state index in [1.807, 2.05) is 13.0 Å². The Labute approximate surface area is 214 Å². The van der Waals surface area contributed by atoms with E-state index in [0.717, 1.165) is 0 Å². The molecule has 0 radical (unpaired) electrons. The Balaban J connectivity index is 1.52. The van der Waals surface area contributed by atoms with Gasteiger partial charge in [-0.05, 0) is 24.6 Å². The molecule has 0 aliphatic carbocycles. The molecule has 0 saturated carbocycles. The molecule has 37 heavy (non-hydrogen) atoms. The third-order valence-electron chi connectivity index (χ3n) is 6.82. The van der Waals surface area contributed by atoms with Gasteiger partial charge in [0.2, 0.25) is 0 Å². The van der Waals surface area contributed by atoms with Crippen molar-refractivity contribution < 1.29 is 8.78 Å². The van der Waals surface area contributed by atoms with Crippen molar-refractivity contribution in [2.75, 3.05) is 11.4 Å². The van der Waals surface area contributed by atoms with E-state index in [1.165, 1.54) is 21.7 Å². The summed E-state index contributed by atoms with van der Waals surface area (Å²) in [6, 6.07) is 6.29. The maximum absolute atomic E-state index is 15.0. The maximum atomic E-state index is 15.0. The van der Waals surface area contributed by atoms with Crippen LogP contribution in [0.2, 0.25) is 5.02 Å². The van der Waals surface area contributed by atoms with Crippen molar-refractivity contribution in [2.45, 2.75) is 44.2 Å². The highest BCUT2D eigenvalue weighted by molar-refractivity contribution is 6.33. The number of rotatable bonds is 6. The quantitative estimate of drug-likeness (QED) is 0.360. The summed E-state index contributed by atoms with van der Waals surface area (Å²) in [5.41, 5.74) is 1.36. The maximum Gasteiger partial charge on any atom is 0.279 e. The molecule has 10 nitrogen and oxygen atoms in total. The first-order valence-electron chi connectivity index (χ1n) is 11.8. The number of anilines is 1. The monoisotopic (exact) mass is 525 g/mol. The lowest BCUT2D eigenvalue weighted by Gasteiger charge is -2.32. The summed E-state index contributed by atoms with van der Waals surface area (Å²) in [4.78, 5) is 35.2. The standard InChI is InChI=1S/C24H22ClF2N9O/c1-2-15(17-9-24(26,27)11-35(17)22-18-20(30-12-29-18)31-13-32-22)21-33-36-8-6-16(25)19(36)23(37)34(21)10-14-5-3-4-7-28-14/h3-8,12-13,15,17H,2,9-11H2,1H3,(H,29,30,31,32). The van der Waals surface area contributed by atoms with Crippen LogP contribution in [0.25, 0.3) is 16.7 Å². The molecule has 0 spiro atoms. The van der Waals surface area contributed by atoms with Crippen LogP contribution in [0.15, 0.2) is 54.1 Å². The number of nitrogens with one attached hydrogen (secondary N) is 1. The van der Waals surface area contributed by atoms with Gasteiger partial charge in [-0.3, -0.25) is 14.3 Å². The third kappa shape index (κ3) is 4.01. The van der Waals surface area contributed by atoms with Gasteiger partial charge in [-0.2, -0.15) is 5.10 Å². The summed E-state index contributed by atoms with van der Waals surface area (Å²) in [5, 5.41) is 5.01. The van der Waals surface area contributed by atoms with Crippen molar-refractivity contribution in [3.8, 4) is 0 Å². The van der Waals surface area contributed by atoms with Gasteiger partial charge >= 0.3 is 0 Å². The predicted octanol–water partition coefficient (Wildman–Crippen LogP) is 3.67. The van der Waals surface area contributed by atoms with Crippen molar-refractivity contribution in [3.05, 3.63) is 76.2 Å². The fourth-order valence-corrected chi connectivity index (χ4v) is 5.42. The Bertz CT molecular complexity index is 1650. The summed E-state index contributed by atoms with van der Waals surface area (Å²) < 4.78 is 33.0.